The Hall–Kier alpha value is -1.09. The molecule has 3 nitrogen and oxygen atoms in total. The number of carbonyl (C=O) groups excluding carboxylic acids is 1. The van der Waals surface area contributed by atoms with E-state index in [1.807, 2.05) is 11.9 Å². The van der Waals surface area contributed by atoms with Crippen molar-refractivity contribution < 1.29 is 4.79 Å². The number of carbonyl (C=O) groups is 1. The van der Waals surface area contributed by atoms with E-state index in [2.05, 4.69) is 45.2 Å². The normalized spacial score (nSPS) is 27.0. The Bertz CT molecular complexity index is 476. The standard InChI is InChI=1S/C19H32N2O/c1-14-7-6-10-19(3,4)17(14)9-8-15(2)20-12-16-11-18(22)21(5)13-16/h8-9,15-16,20H,6-7,10-13H2,1-5H3/b9-8+. The molecular weight excluding hydrogens is 272 g/mol. The van der Waals surface area contributed by atoms with E-state index in [0.717, 1.165) is 13.1 Å². The summed E-state index contributed by atoms with van der Waals surface area (Å²) in [6, 6.07) is 0.346. The van der Waals surface area contributed by atoms with Crippen molar-refractivity contribution in [1.82, 2.24) is 10.2 Å². The van der Waals surface area contributed by atoms with Crippen LogP contribution in [0, 0.1) is 11.3 Å². The molecule has 0 aromatic rings. The SMILES string of the molecule is CC1=C(/C=C/C(C)NCC2CC(=O)N(C)C2)C(C)(C)CCC1. The van der Waals surface area contributed by atoms with E-state index in [1.165, 1.54) is 24.8 Å². The Kier molecular flexibility index (Phi) is 5.49. The summed E-state index contributed by atoms with van der Waals surface area (Å²) in [4.78, 5) is 13.4. The molecule has 124 valence electrons. The number of amides is 1. The minimum absolute atomic E-state index is 0.278. The fourth-order valence-electron chi connectivity index (χ4n) is 3.76. The number of rotatable bonds is 5. The van der Waals surface area contributed by atoms with Crippen LogP contribution < -0.4 is 5.32 Å². The lowest BCUT2D eigenvalue weighted by atomic mass is 9.72. The zero-order chi connectivity index (χ0) is 16.3. The smallest absolute Gasteiger partial charge is 0.222 e. The van der Waals surface area contributed by atoms with Crippen LogP contribution in [0.3, 0.4) is 0 Å². The first-order chi connectivity index (χ1) is 10.3. The second-order valence-electron chi connectivity index (χ2n) is 7.83. The number of hydrogen-bond donors (Lipinski definition) is 1. The van der Waals surface area contributed by atoms with E-state index in [1.54, 1.807) is 5.57 Å². The summed E-state index contributed by atoms with van der Waals surface area (Å²) < 4.78 is 0. The van der Waals surface area contributed by atoms with Crippen LogP contribution in [0.5, 0.6) is 0 Å². The highest BCUT2D eigenvalue weighted by atomic mass is 16.2. The molecule has 0 bridgehead atoms. The Labute approximate surface area is 135 Å². The fraction of sp³-hybridized carbons (Fsp3) is 0.737. The van der Waals surface area contributed by atoms with Crippen LogP contribution in [0.25, 0.3) is 0 Å². The van der Waals surface area contributed by atoms with Crippen molar-refractivity contribution in [3.05, 3.63) is 23.3 Å². The van der Waals surface area contributed by atoms with Crippen molar-refractivity contribution in [3.8, 4) is 0 Å². The van der Waals surface area contributed by atoms with E-state index in [-0.39, 0.29) is 5.91 Å². The van der Waals surface area contributed by atoms with Crippen LogP contribution in [0.1, 0.15) is 53.4 Å². The van der Waals surface area contributed by atoms with Crippen molar-refractivity contribution in [2.45, 2.75) is 59.4 Å². The van der Waals surface area contributed by atoms with Gasteiger partial charge in [-0.3, -0.25) is 4.79 Å². The van der Waals surface area contributed by atoms with Gasteiger partial charge in [-0.25, -0.2) is 0 Å². The van der Waals surface area contributed by atoms with E-state index in [0.29, 0.717) is 23.8 Å². The average molecular weight is 304 g/mol. The molecule has 2 atom stereocenters. The lowest BCUT2D eigenvalue weighted by molar-refractivity contribution is -0.126. The van der Waals surface area contributed by atoms with Crippen LogP contribution in [-0.4, -0.2) is 37.0 Å². The monoisotopic (exact) mass is 304 g/mol. The summed E-state index contributed by atoms with van der Waals surface area (Å²) >= 11 is 0. The molecular formula is C19H32N2O. The molecule has 0 aromatic heterocycles. The molecule has 2 rings (SSSR count). The van der Waals surface area contributed by atoms with Crippen LogP contribution in [-0.2, 0) is 4.79 Å². The number of allylic oxidation sites excluding steroid dienone is 3. The first-order valence-corrected chi connectivity index (χ1v) is 8.65. The molecule has 22 heavy (non-hydrogen) atoms. The van der Waals surface area contributed by atoms with Gasteiger partial charge in [0, 0.05) is 32.6 Å². The third kappa shape index (κ3) is 4.22. The summed E-state index contributed by atoms with van der Waals surface area (Å²) in [5.74, 6) is 0.736. The third-order valence-electron chi connectivity index (χ3n) is 5.24. The first kappa shape index (κ1) is 17.3. The number of hydrogen-bond acceptors (Lipinski definition) is 2. The lowest BCUT2D eigenvalue weighted by Gasteiger charge is -2.33. The van der Waals surface area contributed by atoms with E-state index in [4.69, 9.17) is 0 Å². The molecule has 0 saturated carbocycles. The number of nitrogens with zero attached hydrogens (tertiary/aromatic N) is 1. The number of nitrogens with one attached hydrogen (secondary N) is 1. The largest absolute Gasteiger partial charge is 0.345 e. The second kappa shape index (κ2) is 6.99. The highest BCUT2D eigenvalue weighted by Gasteiger charge is 2.27. The molecule has 0 aromatic carbocycles. The van der Waals surface area contributed by atoms with Crippen LogP contribution >= 0.6 is 0 Å². The maximum Gasteiger partial charge on any atom is 0.222 e. The molecule has 1 N–H and O–H groups in total. The maximum atomic E-state index is 11.5. The molecule has 1 aliphatic carbocycles. The van der Waals surface area contributed by atoms with Crippen molar-refractivity contribution in [2.24, 2.45) is 11.3 Å². The van der Waals surface area contributed by atoms with Crippen molar-refractivity contribution in [3.63, 3.8) is 0 Å². The van der Waals surface area contributed by atoms with E-state index < -0.39 is 0 Å². The van der Waals surface area contributed by atoms with Crippen molar-refractivity contribution >= 4 is 5.91 Å². The van der Waals surface area contributed by atoms with Crippen LogP contribution in [0.2, 0.25) is 0 Å². The highest BCUT2D eigenvalue weighted by molar-refractivity contribution is 5.78. The quantitative estimate of drug-likeness (QED) is 0.843. The molecule has 1 saturated heterocycles. The Morgan fingerprint density at radius 1 is 1.45 bits per heavy atom. The zero-order valence-corrected chi connectivity index (χ0v) is 14.9. The fourth-order valence-corrected chi connectivity index (χ4v) is 3.76. The van der Waals surface area contributed by atoms with Gasteiger partial charge in [-0.2, -0.15) is 0 Å². The topological polar surface area (TPSA) is 32.3 Å². The molecule has 2 aliphatic rings. The van der Waals surface area contributed by atoms with E-state index >= 15 is 0 Å². The minimum Gasteiger partial charge on any atom is -0.345 e. The molecule has 0 spiro atoms. The predicted octanol–water partition coefficient (Wildman–Crippen LogP) is 3.53. The van der Waals surface area contributed by atoms with Gasteiger partial charge >= 0.3 is 0 Å². The molecule has 1 aliphatic heterocycles. The number of likely N-dealkylation sites (tertiary alicyclic amines) is 1. The van der Waals surface area contributed by atoms with Crippen molar-refractivity contribution in [1.29, 1.82) is 0 Å². The summed E-state index contributed by atoms with van der Waals surface area (Å²) in [7, 11) is 1.89. The van der Waals surface area contributed by atoms with E-state index in [9.17, 15) is 4.79 Å². The molecule has 1 amide bonds. The van der Waals surface area contributed by atoms with Gasteiger partial charge in [0.1, 0.15) is 0 Å². The maximum absolute atomic E-state index is 11.5. The Morgan fingerprint density at radius 2 is 2.18 bits per heavy atom. The summed E-state index contributed by atoms with van der Waals surface area (Å²) in [6.45, 7) is 11.0. The van der Waals surface area contributed by atoms with Crippen LogP contribution in [0.15, 0.2) is 23.3 Å². The molecule has 0 radical (unpaired) electrons. The van der Waals surface area contributed by atoms with Gasteiger partial charge in [0.15, 0.2) is 0 Å². The van der Waals surface area contributed by atoms with Gasteiger partial charge in [0.2, 0.25) is 5.91 Å². The van der Waals surface area contributed by atoms with Crippen molar-refractivity contribution in [2.75, 3.05) is 20.1 Å². The highest BCUT2D eigenvalue weighted by Crippen LogP contribution is 2.40. The van der Waals surface area contributed by atoms with Gasteiger partial charge in [-0.15, -0.1) is 0 Å². The lowest BCUT2D eigenvalue weighted by Crippen LogP contribution is -2.31. The Morgan fingerprint density at radius 3 is 2.77 bits per heavy atom. The summed E-state index contributed by atoms with van der Waals surface area (Å²) in [5.41, 5.74) is 3.37. The van der Waals surface area contributed by atoms with Gasteiger partial charge in [0.25, 0.3) is 0 Å². The summed E-state index contributed by atoms with van der Waals surface area (Å²) in [5, 5.41) is 3.56. The second-order valence-corrected chi connectivity index (χ2v) is 7.83. The molecule has 3 heteroatoms. The first-order valence-electron chi connectivity index (χ1n) is 8.65. The van der Waals surface area contributed by atoms with Gasteiger partial charge < -0.3 is 10.2 Å². The molecule has 1 fully saturated rings. The van der Waals surface area contributed by atoms with Gasteiger partial charge in [-0.05, 0) is 50.0 Å². The Balaban J connectivity index is 1.86. The zero-order valence-electron chi connectivity index (χ0n) is 14.9. The summed E-state index contributed by atoms with van der Waals surface area (Å²) in [6.07, 6.45) is 9.14. The minimum atomic E-state index is 0.278. The third-order valence-corrected chi connectivity index (χ3v) is 5.24. The van der Waals surface area contributed by atoms with Crippen LogP contribution in [0.4, 0.5) is 0 Å². The molecule has 2 unspecified atom stereocenters. The average Bonchev–Trinajstić information content (AvgIpc) is 2.74. The van der Waals surface area contributed by atoms with Gasteiger partial charge in [0.05, 0.1) is 0 Å². The molecule has 1 heterocycles. The predicted molar refractivity (Wildman–Crippen MR) is 92.7 cm³/mol. The van der Waals surface area contributed by atoms with Gasteiger partial charge in [-0.1, -0.05) is 31.6 Å².